The quantitative estimate of drug-likeness (QED) is 0.236. The van der Waals surface area contributed by atoms with Crippen molar-refractivity contribution in [2.75, 3.05) is 40.0 Å². The summed E-state index contributed by atoms with van der Waals surface area (Å²) in [7, 11) is 1.75. The van der Waals surface area contributed by atoms with Gasteiger partial charge in [0.15, 0.2) is 0 Å². The van der Waals surface area contributed by atoms with E-state index < -0.39 is 0 Å². The van der Waals surface area contributed by atoms with Gasteiger partial charge in [-0.15, -0.1) is 0 Å². The number of hydrogen-bond donors (Lipinski definition) is 2. The number of hydrogen-bond acceptors (Lipinski definition) is 4. The molecule has 1 fully saturated rings. The minimum absolute atomic E-state index is 0.278. The van der Waals surface area contributed by atoms with Crippen LogP contribution in [0, 0.1) is 0 Å². The van der Waals surface area contributed by atoms with Crippen LogP contribution in [-0.2, 0) is 9.47 Å². The first kappa shape index (κ1) is 15.2. The van der Waals surface area contributed by atoms with E-state index in [0.29, 0.717) is 0 Å². The van der Waals surface area contributed by atoms with Crippen molar-refractivity contribution >= 4 is 5.96 Å². The summed E-state index contributed by atoms with van der Waals surface area (Å²) in [5, 5.41) is 0. The van der Waals surface area contributed by atoms with Crippen LogP contribution in [0.3, 0.4) is 0 Å². The molecule has 6 heteroatoms. The molecule has 1 aliphatic heterocycles. The summed E-state index contributed by atoms with van der Waals surface area (Å²) in [6, 6.07) is 0. The first-order chi connectivity index (χ1) is 8.81. The lowest BCUT2D eigenvalue weighted by Gasteiger charge is -2.33. The lowest BCUT2D eigenvalue weighted by atomic mass is 10.1. The molecule has 0 aromatic carbocycles. The summed E-state index contributed by atoms with van der Waals surface area (Å²) < 4.78 is 10.7. The number of nitrogens with zero attached hydrogens (tertiary/aromatic N) is 2. The third-order valence-electron chi connectivity index (χ3n) is 3.05. The van der Waals surface area contributed by atoms with Crippen LogP contribution in [0.2, 0.25) is 0 Å². The van der Waals surface area contributed by atoms with Gasteiger partial charge in [-0.2, -0.15) is 0 Å². The fraction of sp³-hybridized carbons (Fsp3) is 0.917. The Bertz CT molecular complexity index is 248. The van der Waals surface area contributed by atoms with Crippen LogP contribution < -0.4 is 11.3 Å². The zero-order chi connectivity index (χ0) is 13.2. The number of aliphatic imine (C=N–C) groups is 1. The maximum atomic E-state index is 5.54. The van der Waals surface area contributed by atoms with Crippen LogP contribution in [0.5, 0.6) is 0 Å². The Kier molecular flexibility index (Phi) is 7.71. The first-order valence-corrected chi connectivity index (χ1v) is 6.68. The van der Waals surface area contributed by atoms with Gasteiger partial charge in [-0.05, 0) is 26.2 Å². The topological polar surface area (TPSA) is 72.1 Å². The minimum Gasteiger partial charge on any atom is -0.382 e. The fourth-order valence-electron chi connectivity index (χ4n) is 2.06. The number of hydrazine groups is 1. The molecule has 0 spiro atoms. The SMILES string of the molecule is CCOCCCN=C(NN)N1CCCC(OC)C1. The van der Waals surface area contributed by atoms with E-state index in [0.717, 1.165) is 58.1 Å². The van der Waals surface area contributed by atoms with Crippen molar-refractivity contribution in [3.05, 3.63) is 0 Å². The maximum absolute atomic E-state index is 5.54. The molecule has 0 aliphatic carbocycles. The number of likely N-dealkylation sites (tertiary alicyclic amines) is 1. The molecule has 1 aliphatic rings. The van der Waals surface area contributed by atoms with Crippen molar-refractivity contribution in [2.24, 2.45) is 10.8 Å². The molecule has 1 atom stereocenters. The van der Waals surface area contributed by atoms with Crippen LogP contribution in [0.15, 0.2) is 4.99 Å². The fourth-order valence-corrected chi connectivity index (χ4v) is 2.06. The number of methoxy groups -OCH3 is 1. The lowest BCUT2D eigenvalue weighted by Crippen LogP contribution is -2.50. The second kappa shape index (κ2) is 9.13. The van der Waals surface area contributed by atoms with Crippen molar-refractivity contribution in [3.8, 4) is 0 Å². The van der Waals surface area contributed by atoms with Gasteiger partial charge in [-0.25, -0.2) is 5.84 Å². The van der Waals surface area contributed by atoms with Gasteiger partial charge in [0.1, 0.15) is 0 Å². The predicted octanol–water partition coefficient (Wildman–Crippen LogP) is 0.343. The molecule has 6 nitrogen and oxygen atoms in total. The highest BCUT2D eigenvalue weighted by molar-refractivity contribution is 5.79. The molecular weight excluding hydrogens is 232 g/mol. The van der Waals surface area contributed by atoms with E-state index in [1.54, 1.807) is 7.11 Å². The number of ether oxygens (including phenoxy) is 2. The summed E-state index contributed by atoms with van der Waals surface area (Å²) in [6.45, 7) is 6.06. The van der Waals surface area contributed by atoms with Crippen LogP contribution >= 0.6 is 0 Å². The van der Waals surface area contributed by atoms with Crippen LogP contribution in [0.1, 0.15) is 26.2 Å². The molecule has 0 aromatic heterocycles. The third kappa shape index (κ3) is 5.20. The van der Waals surface area contributed by atoms with E-state index >= 15 is 0 Å². The van der Waals surface area contributed by atoms with E-state index in [1.165, 1.54) is 0 Å². The van der Waals surface area contributed by atoms with E-state index in [2.05, 4.69) is 15.3 Å². The number of piperidine rings is 1. The van der Waals surface area contributed by atoms with Gasteiger partial charge in [0, 0.05) is 40.0 Å². The van der Waals surface area contributed by atoms with Crippen LogP contribution in [-0.4, -0.2) is 56.9 Å². The summed E-state index contributed by atoms with van der Waals surface area (Å²) in [5.74, 6) is 6.29. The van der Waals surface area contributed by atoms with Gasteiger partial charge in [-0.3, -0.25) is 10.4 Å². The third-order valence-corrected chi connectivity index (χ3v) is 3.05. The normalized spacial score (nSPS) is 21.2. The highest BCUT2D eigenvalue weighted by Crippen LogP contribution is 2.12. The smallest absolute Gasteiger partial charge is 0.208 e. The molecule has 0 bridgehead atoms. The summed E-state index contributed by atoms with van der Waals surface area (Å²) in [5.41, 5.74) is 2.69. The largest absolute Gasteiger partial charge is 0.382 e. The molecule has 3 N–H and O–H groups in total. The zero-order valence-corrected chi connectivity index (χ0v) is 11.5. The zero-order valence-electron chi connectivity index (χ0n) is 11.5. The monoisotopic (exact) mass is 258 g/mol. The average Bonchev–Trinajstić information content (AvgIpc) is 2.43. The van der Waals surface area contributed by atoms with Crippen molar-refractivity contribution < 1.29 is 9.47 Å². The van der Waals surface area contributed by atoms with Crippen molar-refractivity contribution in [1.82, 2.24) is 10.3 Å². The van der Waals surface area contributed by atoms with Crippen molar-refractivity contribution in [2.45, 2.75) is 32.3 Å². The average molecular weight is 258 g/mol. The molecule has 106 valence electrons. The Morgan fingerprint density at radius 3 is 3.06 bits per heavy atom. The van der Waals surface area contributed by atoms with Gasteiger partial charge in [0.05, 0.1) is 6.10 Å². The second-order valence-corrected chi connectivity index (χ2v) is 4.35. The predicted molar refractivity (Wildman–Crippen MR) is 72.3 cm³/mol. The van der Waals surface area contributed by atoms with E-state index in [-0.39, 0.29) is 6.10 Å². The van der Waals surface area contributed by atoms with Gasteiger partial charge < -0.3 is 14.4 Å². The molecule has 0 amide bonds. The number of nitrogens with two attached hydrogens (primary N) is 1. The molecule has 1 saturated heterocycles. The standard InChI is InChI=1S/C12H26N4O2/c1-3-18-9-5-7-14-12(15-13)16-8-4-6-11(10-16)17-2/h11H,3-10,13H2,1-2H3,(H,14,15). The maximum Gasteiger partial charge on any atom is 0.208 e. The number of nitrogens with one attached hydrogen (secondary N) is 1. The molecule has 0 radical (unpaired) electrons. The Balaban J connectivity index is 2.36. The molecule has 1 rings (SSSR count). The van der Waals surface area contributed by atoms with Gasteiger partial charge in [0.25, 0.3) is 0 Å². The lowest BCUT2D eigenvalue weighted by molar-refractivity contribution is 0.0525. The highest BCUT2D eigenvalue weighted by atomic mass is 16.5. The summed E-state index contributed by atoms with van der Waals surface area (Å²) in [4.78, 5) is 6.63. The Labute approximate surface area is 109 Å². The van der Waals surface area contributed by atoms with Crippen LogP contribution in [0.4, 0.5) is 0 Å². The van der Waals surface area contributed by atoms with Crippen molar-refractivity contribution in [1.29, 1.82) is 0 Å². The number of rotatable bonds is 6. The van der Waals surface area contributed by atoms with E-state index in [4.69, 9.17) is 15.3 Å². The Morgan fingerprint density at radius 2 is 2.39 bits per heavy atom. The van der Waals surface area contributed by atoms with E-state index in [1.807, 2.05) is 6.92 Å². The number of guanidine groups is 1. The van der Waals surface area contributed by atoms with Crippen molar-refractivity contribution in [3.63, 3.8) is 0 Å². The molecule has 1 heterocycles. The van der Waals surface area contributed by atoms with Gasteiger partial charge in [-0.1, -0.05) is 0 Å². The molecule has 18 heavy (non-hydrogen) atoms. The summed E-state index contributed by atoms with van der Waals surface area (Å²) in [6.07, 6.45) is 3.41. The molecule has 0 saturated carbocycles. The minimum atomic E-state index is 0.278. The molecule has 0 aromatic rings. The molecular formula is C12H26N4O2. The summed E-state index contributed by atoms with van der Waals surface area (Å²) >= 11 is 0. The second-order valence-electron chi connectivity index (χ2n) is 4.35. The Morgan fingerprint density at radius 1 is 1.56 bits per heavy atom. The van der Waals surface area contributed by atoms with E-state index in [9.17, 15) is 0 Å². The first-order valence-electron chi connectivity index (χ1n) is 6.68. The van der Waals surface area contributed by atoms with Gasteiger partial charge >= 0.3 is 0 Å². The molecule has 1 unspecified atom stereocenters. The Hall–Kier alpha value is -0.850. The highest BCUT2D eigenvalue weighted by Gasteiger charge is 2.21. The van der Waals surface area contributed by atoms with Gasteiger partial charge in [0.2, 0.25) is 5.96 Å². The van der Waals surface area contributed by atoms with Crippen LogP contribution in [0.25, 0.3) is 0 Å².